The van der Waals surface area contributed by atoms with Crippen LogP contribution >= 0.6 is 23.1 Å². The summed E-state index contributed by atoms with van der Waals surface area (Å²) >= 11 is 3.32. The third kappa shape index (κ3) is 4.27. The van der Waals surface area contributed by atoms with Crippen molar-refractivity contribution >= 4 is 50.8 Å². The highest BCUT2D eigenvalue weighted by molar-refractivity contribution is 8.01. The number of aromatic nitrogens is 1. The summed E-state index contributed by atoms with van der Waals surface area (Å²) in [6.45, 7) is 3.51. The molecule has 1 aliphatic rings. The van der Waals surface area contributed by atoms with Crippen molar-refractivity contribution in [3.8, 4) is 0 Å². The number of amides is 2. The summed E-state index contributed by atoms with van der Waals surface area (Å²) in [6, 6.07) is 5.80. The number of nitrogens with one attached hydrogen (secondary N) is 1. The smallest absolute Gasteiger partial charge is 0.224 e. The number of hydrogen-bond acceptors (Lipinski definition) is 5. The Morgan fingerprint density at radius 3 is 3.08 bits per heavy atom. The van der Waals surface area contributed by atoms with E-state index in [1.165, 1.54) is 0 Å². The van der Waals surface area contributed by atoms with Crippen molar-refractivity contribution in [1.82, 2.24) is 9.88 Å². The van der Waals surface area contributed by atoms with Crippen LogP contribution in [-0.4, -0.2) is 40.5 Å². The van der Waals surface area contributed by atoms with Gasteiger partial charge in [-0.25, -0.2) is 4.98 Å². The maximum absolute atomic E-state index is 11.8. The largest absolute Gasteiger partial charge is 0.342 e. The normalized spacial score (nSPS) is 15.0. The molecule has 0 bridgehead atoms. The Labute approximate surface area is 149 Å². The van der Waals surface area contributed by atoms with Crippen molar-refractivity contribution in [2.24, 2.45) is 0 Å². The zero-order valence-corrected chi connectivity index (χ0v) is 15.3. The van der Waals surface area contributed by atoms with Crippen molar-refractivity contribution in [2.75, 3.05) is 24.2 Å². The summed E-state index contributed by atoms with van der Waals surface area (Å²) in [5.74, 6) is 1.16. The Hall–Kier alpha value is -1.60. The van der Waals surface area contributed by atoms with Gasteiger partial charge < -0.3 is 10.2 Å². The monoisotopic (exact) mass is 363 g/mol. The molecule has 1 aromatic heterocycles. The van der Waals surface area contributed by atoms with Crippen molar-refractivity contribution in [3.63, 3.8) is 0 Å². The van der Waals surface area contributed by atoms with Crippen LogP contribution in [-0.2, 0) is 9.59 Å². The molecule has 2 aromatic rings. The van der Waals surface area contributed by atoms with Gasteiger partial charge in [-0.2, -0.15) is 0 Å². The number of anilines is 1. The lowest BCUT2D eigenvalue weighted by Crippen LogP contribution is -2.36. The number of thioether (sulfide) groups is 1. The molecule has 0 radical (unpaired) electrons. The van der Waals surface area contributed by atoms with E-state index >= 15 is 0 Å². The van der Waals surface area contributed by atoms with Crippen molar-refractivity contribution in [1.29, 1.82) is 0 Å². The predicted octanol–water partition coefficient (Wildman–Crippen LogP) is 3.75. The number of fused-ring (bicyclic) bond motifs is 1. The van der Waals surface area contributed by atoms with E-state index in [-0.39, 0.29) is 11.8 Å². The SMILES string of the molecule is CCC(=O)Nc1ccc2nc(SCCN3CCCCC3=O)sc2c1. The Balaban J connectivity index is 1.59. The zero-order valence-electron chi connectivity index (χ0n) is 13.7. The Bertz CT molecular complexity index is 745. The van der Waals surface area contributed by atoms with Crippen LogP contribution in [0.4, 0.5) is 5.69 Å². The van der Waals surface area contributed by atoms with Gasteiger partial charge in [0.15, 0.2) is 4.34 Å². The summed E-state index contributed by atoms with van der Waals surface area (Å²) in [7, 11) is 0. The fraction of sp³-hybridized carbons (Fsp3) is 0.471. The molecule has 24 heavy (non-hydrogen) atoms. The number of carbonyl (C=O) groups is 2. The van der Waals surface area contributed by atoms with E-state index in [9.17, 15) is 9.59 Å². The fourth-order valence-electron chi connectivity index (χ4n) is 2.63. The molecule has 1 saturated heterocycles. The standard InChI is InChI=1S/C17H21N3O2S2/c1-2-15(21)18-12-6-7-13-14(11-12)24-17(19-13)23-10-9-20-8-4-3-5-16(20)22/h6-7,11H,2-5,8-10H2,1H3,(H,18,21). The van der Waals surface area contributed by atoms with Crippen molar-refractivity contribution < 1.29 is 9.59 Å². The summed E-state index contributed by atoms with van der Waals surface area (Å²) in [5.41, 5.74) is 1.76. The van der Waals surface area contributed by atoms with Crippen LogP contribution in [0.5, 0.6) is 0 Å². The van der Waals surface area contributed by atoms with Gasteiger partial charge in [0.1, 0.15) is 0 Å². The highest BCUT2D eigenvalue weighted by Crippen LogP contribution is 2.31. The number of carbonyl (C=O) groups excluding carboxylic acids is 2. The van der Waals surface area contributed by atoms with E-state index < -0.39 is 0 Å². The molecule has 1 aromatic carbocycles. The van der Waals surface area contributed by atoms with Crippen LogP contribution in [0.25, 0.3) is 10.2 Å². The zero-order chi connectivity index (χ0) is 16.9. The van der Waals surface area contributed by atoms with Crippen molar-refractivity contribution in [3.05, 3.63) is 18.2 Å². The van der Waals surface area contributed by atoms with Crippen molar-refractivity contribution in [2.45, 2.75) is 36.9 Å². The Morgan fingerprint density at radius 2 is 2.29 bits per heavy atom. The van der Waals surface area contributed by atoms with E-state index in [1.54, 1.807) is 23.1 Å². The topological polar surface area (TPSA) is 62.3 Å². The molecule has 0 saturated carbocycles. The van der Waals surface area contributed by atoms with E-state index in [0.717, 1.165) is 51.9 Å². The molecule has 128 valence electrons. The first-order chi connectivity index (χ1) is 11.7. The van der Waals surface area contributed by atoms with Gasteiger partial charge in [-0.1, -0.05) is 18.7 Å². The number of thiazole rings is 1. The van der Waals surface area contributed by atoms with Crippen LogP contribution in [0.15, 0.2) is 22.5 Å². The van der Waals surface area contributed by atoms with E-state index in [2.05, 4.69) is 10.3 Å². The summed E-state index contributed by atoms with van der Waals surface area (Å²) < 4.78 is 2.08. The minimum Gasteiger partial charge on any atom is -0.342 e. The van der Waals surface area contributed by atoms with Gasteiger partial charge in [0, 0.05) is 37.4 Å². The first-order valence-electron chi connectivity index (χ1n) is 8.26. The van der Waals surface area contributed by atoms with Crippen LogP contribution in [0.2, 0.25) is 0 Å². The molecule has 2 heterocycles. The molecule has 0 unspecified atom stereocenters. The second kappa shape index (κ2) is 7.98. The van der Waals surface area contributed by atoms with Gasteiger partial charge >= 0.3 is 0 Å². The number of piperidine rings is 1. The number of likely N-dealkylation sites (tertiary alicyclic amines) is 1. The van der Waals surface area contributed by atoms with Gasteiger partial charge in [0.2, 0.25) is 11.8 Å². The Kier molecular flexibility index (Phi) is 5.73. The van der Waals surface area contributed by atoms with Gasteiger partial charge in [0.25, 0.3) is 0 Å². The lowest BCUT2D eigenvalue weighted by molar-refractivity contribution is -0.132. The number of hydrogen-bond donors (Lipinski definition) is 1. The summed E-state index contributed by atoms with van der Waals surface area (Å²) in [6.07, 6.45) is 3.30. The molecule has 0 spiro atoms. The second-order valence-corrected chi connectivity index (χ2v) is 8.12. The average Bonchev–Trinajstić information content (AvgIpc) is 2.98. The predicted molar refractivity (Wildman–Crippen MR) is 99.7 cm³/mol. The average molecular weight is 364 g/mol. The lowest BCUT2D eigenvalue weighted by atomic mass is 10.1. The minimum absolute atomic E-state index is 0.0136. The first kappa shape index (κ1) is 17.2. The van der Waals surface area contributed by atoms with E-state index in [0.29, 0.717) is 12.8 Å². The molecule has 5 nitrogen and oxygen atoms in total. The Morgan fingerprint density at radius 1 is 1.42 bits per heavy atom. The minimum atomic E-state index is 0.0136. The summed E-state index contributed by atoms with van der Waals surface area (Å²) in [4.78, 5) is 29.9. The molecule has 1 aliphatic heterocycles. The molecule has 0 aliphatic carbocycles. The van der Waals surface area contributed by atoms with Crippen LogP contribution < -0.4 is 5.32 Å². The van der Waals surface area contributed by atoms with Gasteiger partial charge in [-0.05, 0) is 31.0 Å². The molecule has 0 atom stereocenters. The third-order valence-electron chi connectivity index (χ3n) is 3.98. The molecule has 7 heteroatoms. The van der Waals surface area contributed by atoms with Crippen LogP contribution in [0.1, 0.15) is 32.6 Å². The third-order valence-corrected chi connectivity index (χ3v) is 6.12. The maximum Gasteiger partial charge on any atom is 0.224 e. The maximum atomic E-state index is 11.8. The summed E-state index contributed by atoms with van der Waals surface area (Å²) in [5, 5.41) is 2.87. The van der Waals surface area contributed by atoms with Crippen LogP contribution in [0.3, 0.4) is 0 Å². The molecule has 1 N–H and O–H groups in total. The number of rotatable bonds is 6. The quantitative estimate of drug-likeness (QED) is 0.794. The van der Waals surface area contributed by atoms with E-state index in [1.807, 2.05) is 30.0 Å². The van der Waals surface area contributed by atoms with Gasteiger partial charge in [-0.15, -0.1) is 11.3 Å². The van der Waals surface area contributed by atoms with E-state index in [4.69, 9.17) is 0 Å². The number of nitrogens with zero attached hydrogens (tertiary/aromatic N) is 2. The molecule has 3 rings (SSSR count). The highest BCUT2D eigenvalue weighted by atomic mass is 32.2. The highest BCUT2D eigenvalue weighted by Gasteiger charge is 2.17. The first-order valence-corrected chi connectivity index (χ1v) is 10.1. The molecular weight excluding hydrogens is 342 g/mol. The molecule has 1 fully saturated rings. The number of benzene rings is 1. The second-order valence-electron chi connectivity index (χ2n) is 5.75. The molecule has 2 amide bonds. The van der Waals surface area contributed by atoms with Gasteiger partial charge in [0.05, 0.1) is 10.2 Å². The molecular formula is C17H21N3O2S2. The fourth-order valence-corrected chi connectivity index (χ4v) is 4.77. The lowest BCUT2D eigenvalue weighted by Gasteiger charge is -2.26. The van der Waals surface area contributed by atoms with Crippen LogP contribution in [0, 0.1) is 0 Å². The van der Waals surface area contributed by atoms with Gasteiger partial charge in [-0.3, -0.25) is 9.59 Å².